The van der Waals surface area contributed by atoms with Crippen molar-refractivity contribution in [3.8, 4) is 22.0 Å². The summed E-state index contributed by atoms with van der Waals surface area (Å²) in [5, 5.41) is 17.6. The van der Waals surface area contributed by atoms with Gasteiger partial charge in [-0.05, 0) is 70.8 Å². The molecule has 0 aliphatic heterocycles. The van der Waals surface area contributed by atoms with E-state index in [0.717, 1.165) is 57.3 Å². The highest BCUT2D eigenvalue weighted by molar-refractivity contribution is 7.13. The summed E-state index contributed by atoms with van der Waals surface area (Å²) in [7, 11) is 0. The molecule has 2 aliphatic rings. The van der Waals surface area contributed by atoms with E-state index >= 15 is 0 Å². The van der Waals surface area contributed by atoms with Crippen LogP contribution in [0.1, 0.15) is 44.8 Å². The Morgan fingerprint density at radius 3 is 1.42 bits per heavy atom. The molecule has 0 spiro atoms. The van der Waals surface area contributed by atoms with E-state index in [4.69, 9.17) is 0 Å². The lowest BCUT2D eigenvalue weighted by Crippen LogP contribution is -2.30. The summed E-state index contributed by atoms with van der Waals surface area (Å²) in [6, 6.07) is 16.6. The Bertz CT molecular complexity index is 2200. The molecule has 0 atom stereocenters. The van der Waals surface area contributed by atoms with E-state index in [1.807, 2.05) is 72.2 Å². The minimum atomic E-state index is -0.273. The van der Waals surface area contributed by atoms with Crippen molar-refractivity contribution in [2.75, 3.05) is 0 Å². The van der Waals surface area contributed by atoms with Gasteiger partial charge in [-0.15, -0.1) is 22.7 Å². The SMILES string of the molecule is C1=CC(c2ccncc2)(c2ccncc2)Cc2[nH]nc(-c3cncs3)c21.C1=CC(c2ccncc2)(c2ccncc2)Cc2[nH]nc(-c3cscn3)c21. The van der Waals surface area contributed by atoms with Gasteiger partial charge in [0.2, 0.25) is 0 Å². The van der Waals surface area contributed by atoms with Crippen LogP contribution in [0.4, 0.5) is 0 Å². The summed E-state index contributed by atoms with van der Waals surface area (Å²) in [6.45, 7) is 0. The van der Waals surface area contributed by atoms with E-state index < -0.39 is 0 Å². The normalized spacial score (nSPS) is 14.9. The van der Waals surface area contributed by atoms with Crippen molar-refractivity contribution < 1.29 is 0 Å². The summed E-state index contributed by atoms with van der Waals surface area (Å²) >= 11 is 3.18. The predicted molar refractivity (Wildman–Crippen MR) is 203 cm³/mol. The fourth-order valence-corrected chi connectivity index (χ4v) is 8.46. The first-order chi connectivity index (χ1) is 25.7. The molecule has 252 valence electrons. The largest absolute Gasteiger partial charge is 0.281 e. The molecule has 0 fully saturated rings. The van der Waals surface area contributed by atoms with Gasteiger partial charge in [0.05, 0.1) is 15.9 Å². The van der Waals surface area contributed by atoms with Gasteiger partial charge in [-0.3, -0.25) is 35.1 Å². The molecule has 10 rings (SSSR count). The number of thiazole rings is 2. The third-order valence-corrected chi connectivity index (χ3v) is 11.2. The number of hydrogen-bond donors (Lipinski definition) is 2. The highest BCUT2D eigenvalue weighted by Crippen LogP contribution is 2.44. The fourth-order valence-electron chi connectivity index (χ4n) is 7.30. The maximum Gasteiger partial charge on any atom is 0.119 e. The van der Waals surface area contributed by atoms with Crippen LogP contribution in [0.15, 0.2) is 133 Å². The number of pyridine rings is 4. The number of aromatic amines is 2. The topological polar surface area (TPSA) is 135 Å². The molecule has 8 aromatic heterocycles. The Morgan fingerprint density at radius 1 is 0.538 bits per heavy atom. The first-order valence-electron chi connectivity index (χ1n) is 16.7. The molecule has 0 radical (unpaired) electrons. The molecule has 10 nitrogen and oxygen atoms in total. The molecule has 2 N–H and O–H groups in total. The second kappa shape index (κ2) is 13.5. The van der Waals surface area contributed by atoms with Gasteiger partial charge in [0.25, 0.3) is 0 Å². The summed E-state index contributed by atoms with van der Waals surface area (Å²) in [4.78, 5) is 26.4. The van der Waals surface area contributed by atoms with E-state index in [2.05, 4.69) is 123 Å². The van der Waals surface area contributed by atoms with E-state index in [1.54, 1.807) is 22.7 Å². The number of rotatable bonds is 6. The quantitative estimate of drug-likeness (QED) is 0.179. The van der Waals surface area contributed by atoms with Crippen LogP contribution in [0.2, 0.25) is 0 Å². The zero-order chi connectivity index (χ0) is 34.8. The maximum atomic E-state index is 4.56. The van der Waals surface area contributed by atoms with E-state index in [9.17, 15) is 0 Å². The Morgan fingerprint density at radius 2 is 1.00 bits per heavy atom. The maximum absolute atomic E-state index is 4.56. The second-order valence-corrected chi connectivity index (χ2v) is 14.2. The average Bonchev–Trinajstić information content (AvgIpc) is 4.07. The number of fused-ring (bicyclic) bond motifs is 2. The lowest BCUT2D eigenvalue weighted by atomic mass is 9.69. The first-order valence-corrected chi connectivity index (χ1v) is 18.5. The second-order valence-electron chi connectivity index (χ2n) is 12.6. The molecule has 0 unspecified atom stereocenters. The average molecular weight is 715 g/mol. The molecule has 8 heterocycles. The fraction of sp³-hybridized carbons (Fsp3) is 0.100. The monoisotopic (exact) mass is 714 g/mol. The Balaban J connectivity index is 0.000000138. The molecule has 0 saturated heterocycles. The minimum Gasteiger partial charge on any atom is -0.281 e. The summed E-state index contributed by atoms with van der Waals surface area (Å²) in [5.74, 6) is 0. The zero-order valence-corrected chi connectivity index (χ0v) is 29.3. The summed E-state index contributed by atoms with van der Waals surface area (Å²) < 4.78 is 0. The number of nitrogens with zero attached hydrogens (tertiary/aromatic N) is 8. The molecule has 0 saturated carbocycles. The molecule has 52 heavy (non-hydrogen) atoms. The Hall–Kier alpha value is -6.24. The van der Waals surface area contributed by atoms with Crippen molar-refractivity contribution in [3.05, 3.63) is 178 Å². The van der Waals surface area contributed by atoms with Gasteiger partial charge < -0.3 is 0 Å². The van der Waals surface area contributed by atoms with Crippen molar-refractivity contribution >= 4 is 34.8 Å². The van der Waals surface area contributed by atoms with Crippen molar-refractivity contribution in [1.29, 1.82) is 0 Å². The molecule has 0 bridgehead atoms. The van der Waals surface area contributed by atoms with Crippen molar-refractivity contribution in [2.24, 2.45) is 0 Å². The molecular weight excluding hydrogens is 685 g/mol. The van der Waals surface area contributed by atoms with Gasteiger partial charge in [0, 0.05) is 107 Å². The third kappa shape index (κ3) is 5.58. The van der Waals surface area contributed by atoms with Gasteiger partial charge in [-0.2, -0.15) is 10.2 Å². The van der Waals surface area contributed by atoms with Crippen LogP contribution in [0.5, 0.6) is 0 Å². The minimum absolute atomic E-state index is 0.267. The summed E-state index contributed by atoms with van der Waals surface area (Å²) in [6.07, 6.45) is 27.1. The molecule has 2 aliphatic carbocycles. The van der Waals surface area contributed by atoms with E-state index in [-0.39, 0.29) is 10.8 Å². The Kier molecular flexibility index (Phi) is 8.22. The number of aromatic nitrogens is 10. The van der Waals surface area contributed by atoms with Crippen LogP contribution < -0.4 is 0 Å². The summed E-state index contributed by atoms with van der Waals surface area (Å²) in [5.41, 5.74) is 15.2. The number of H-pyrrole nitrogens is 2. The van der Waals surface area contributed by atoms with Crippen LogP contribution in [0, 0.1) is 0 Å². The van der Waals surface area contributed by atoms with Gasteiger partial charge >= 0.3 is 0 Å². The molecule has 0 amide bonds. The van der Waals surface area contributed by atoms with Crippen molar-refractivity contribution in [1.82, 2.24) is 50.3 Å². The van der Waals surface area contributed by atoms with Gasteiger partial charge in [0.15, 0.2) is 0 Å². The van der Waals surface area contributed by atoms with Crippen LogP contribution in [-0.2, 0) is 23.7 Å². The standard InChI is InChI=1S/2C20H15N5S/c1-6-20(14-2-7-21-8-3-14,15-4-9-22-10-5-15)11-17-16(1)19(25-24-17)18-12-26-13-23-18;1-6-20(14-2-7-21-8-3-14,15-4-9-22-10-5-15)11-17-16(1)19(25-24-17)18-12-23-13-26-18/h2*1-10,12-13H,11H2,(H,24,25). The van der Waals surface area contributed by atoms with Gasteiger partial charge in [-0.1, -0.05) is 24.3 Å². The smallest absolute Gasteiger partial charge is 0.119 e. The molecule has 0 aromatic carbocycles. The van der Waals surface area contributed by atoms with Crippen LogP contribution in [-0.4, -0.2) is 50.3 Å². The van der Waals surface area contributed by atoms with Crippen LogP contribution in [0.3, 0.4) is 0 Å². The van der Waals surface area contributed by atoms with E-state index in [0.29, 0.717) is 0 Å². The molecular formula is C40H30N10S2. The molecule has 8 aromatic rings. The lowest BCUT2D eigenvalue weighted by Gasteiger charge is -2.34. The van der Waals surface area contributed by atoms with Crippen LogP contribution >= 0.6 is 22.7 Å². The van der Waals surface area contributed by atoms with Crippen molar-refractivity contribution in [2.45, 2.75) is 23.7 Å². The first kappa shape index (κ1) is 31.7. The Labute approximate surface area is 307 Å². The number of nitrogens with one attached hydrogen (secondary N) is 2. The van der Waals surface area contributed by atoms with E-state index in [1.165, 1.54) is 22.3 Å². The number of hydrogen-bond acceptors (Lipinski definition) is 10. The van der Waals surface area contributed by atoms with Crippen LogP contribution in [0.25, 0.3) is 34.1 Å². The van der Waals surface area contributed by atoms with Crippen molar-refractivity contribution in [3.63, 3.8) is 0 Å². The highest BCUT2D eigenvalue weighted by Gasteiger charge is 2.38. The lowest BCUT2D eigenvalue weighted by molar-refractivity contribution is 0.618. The third-order valence-electron chi connectivity index (χ3n) is 9.87. The highest BCUT2D eigenvalue weighted by atomic mass is 32.1. The zero-order valence-electron chi connectivity index (χ0n) is 27.7. The molecule has 12 heteroatoms. The van der Waals surface area contributed by atoms with Gasteiger partial charge in [0.1, 0.15) is 17.1 Å². The van der Waals surface area contributed by atoms with Gasteiger partial charge in [-0.25, -0.2) is 4.98 Å². The number of allylic oxidation sites excluding steroid dienone is 2. The predicted octanol–water partition coefficient (Wildman–Crippen LogP) is 7.76.